The van der Waals surface area contributed by atoms with Crippen molar-refractivity contribution in [1.29, 1.82) is 0 Å². The molecule has 0 aromatic heterocycles. The van der Waals surface area contributed by atoms with Gasteiger partial charge in [0.2, 0.25) is 10.0 Å². The maximum Gasteiger partial charge on any atom is 0.216 e. The lowest BCUT2D eigenvalue weighted by molar-refractivity contribution is 0.569. The van der Waals surface area contributed by atoms with Crippen molar-refractivity contribution in [2.45, 2.75) is 58.5 Å². The van der Waals surface area contributed by atoms with Crippen molar-refractivity contribution in [2.75, 3.05) is 6.54 Å². The SMILES string of the molecule is CCNC(=NCc1ccc(CS(=O)(=O)NC(C)C)cc1)NC1CC1C.I. The summed E-state index contributed by atoms with van der Waals surface area (Å²) in [5.41, 5.74) is 1.83. The van der Waals surface area contributed by atoms with Gasteiger partial charge < -0.3 is 10.6 Å². The van der Waals surface area contributed by atoms with Gasteiger partial charge in [-0.25, -0.2) is 18.1 Å². The number of halogens is 1. The zero-order valence-electron chi connectivity index (χ0n) is 16.0. The molecule has 2 atom stereocenters. The smallest absolute Gasteiger partial charge is 0.216 e. The van der Waals surface area contributed by atoms with Gasteiger partial charge in [0.25, 0.3) is 0 Å². The van der Waals surface area contributed by atoms with Gasteiger partial charge in [-0.1, -0.05) is 31.2 Å². The first-order valence-electron chi connectivity index (χ1n) is 8.91. The Hall–Kier alpha value is -0.870. The van der Waals surface area contributed by atoms with Gasteiger partial charge in [0.15, 0.2) is 5.96 Å². The Morgan fingerprint density at radius 2 is 1.81 bits per heavy atom. The zero-order valence-corrected chi connectivity index (χ0v) is 19.1. The molecule has 26 heavy (non-hydrogen) atoms. The van der Waals surface area contributed by atoms with Crippen LogP contribution in [0, 0.1) is 5.92 Å². The molecule has 3 N–H and O–H groups in total. The molecule has 1 aromatic carbocycles. The van der Waals surface area contributed by atoms with E-state index in [1.54, 1.807) is 0 Å². The highest BCUT2D eigenvalue weighted by Gasteiger charge is 2.33. The summed E-state index contributed by atoms with van der Waals surface area (Å²) in [5, 5.41) is 6.68. The molecule has 0 aliphatic heterocycles. The normalized spacial score (nSPS) is 19.8. The number of rotatable bonds is 8. The molecule has 0 spiro atoms. The average molecular weight is 494 g/mol. The van der Waals surface area contributed by atoms with E-state index in [0.29, 0.717) is 18.5 Å². The van der Waals surface area contributed by atoms with Crippen LogP contribution in [-0.2, 0) is 22.3 Å². The number of benzene rings is 1. The van der Waals surface area contributed by atoms with E-state index in [0.717, 1.165) is 23.6 Å². The van der Waals surface area contributed by atoms with E-state index < -0.39 is 10.0 Å². The summed E-state index contributed by atoms with van der Waals surface area (Å²) < 4.78 is 26.5. The largest absolute Gasteiger partial charge is 0.357 e. The fraction of sp³-hybridized carbons (Fsp3) is 0.611. The molecule has 0 saturated heterocycles. The maximum absolute atomic E-state index is 12.0. The lowest BCUT2D eigenvalue weighted by atomic mass is 10.1. The van der Waals surface area contributed by atoms with Crippen LogP contribution in [0.25, 0.3) is 0 Å². The summed E-state index contributed by atoms with van der Waals surface area (Å²) in [5.74, 6) is 1.55. The Labute approximate surface area is 174 Å². The highest BCUT2D eigenvalue weighted by Crippen LogP contribution is 2.28. The second-order valence-electron chi connectivity index (χ2n) is 7.01. The first-order valence-corrected chi connectivity index (χ1v) is 10.6. The number of nitrogens with one attached hydrogen (secondary N) is 3. The van der Waals surface area contributed by atoms with Crippen molar-refractivity contribution in [1.82, 2.24) is 15.4 Å². The van der Waals surface area contributed by atoms with Crippen LogP contribution in [0.2, 0.25) is 0 Å². The van der Waals surface area contributed by atoms with Crippen molar-refractivity contribution in [3.8, 4) is 0 Å². The molecule has 2 unspecified atom stereocenters. The van der Waals surface area contributed by atoms with E-state index in [1.807, 2.05) is 45.0 Å². The van der Waals surface area contributed by atoms with Crippen molar-refractivity contribution < 1.29 is 8.42 Å². The number of hydrogen-bond acceptors (Lipinski definition) is 3. The summed E-state index contributed by atoms with van der Waals surface area (Å²) in [4.78, 5) is 4.61. The summed E-state index contributed by atoms with van der Waals surface area (Å²) in [6, 6.07) is 8.02. The van der Waals surface area contributed by atoms with E-state index in [1.165, 1.54) is 6.42 Å². The van der Waals surface area contributed by atoms with Crippen LogP contribution in [0.5, 0.6) is 0 Å². The van der Waals surface area contributed by atoms with Gasteiger partial charge in [-0.3, -0.25) is 0 Å². The number of aliphatic imine (C=N–C) groups is 1. The van der Waals surface area contributed by atoms with Gasteiger partial charge in [-0.2, -0.15) is 0 Å². The third-order valence-corrected chi connectivity index (χ3v) is 5.53. The van der Waals surface area contributed by atoms with E-state index in [2.05, 4.69) is 27.3 Å². The second kappa shape index (κ2) is 10.5. The molecule has 1 fully saturated rings. The minimum atomic E-state index is -3.29. The predicted molar refractivity (Wildman–Crippen MR) is 118 cm³/mol. The quantitative estimate of drug-likeness (QED) is 0.295. The summed E-state index contributed by atoms with van der Waals surface area (Å²) in [6.45, 7) is 9.30. The maximum atomic E-state index is 12.0. The average Bonchev–Trinajstić information content (AvgIpc) is 3.20. The summed E-state index contributed by atoms with van der Waals surface area (Å²) in [7, 11) is -3.29. The molecule has 2 rings (SSSR count). The van der Waals surface area contributed by atoms with Gasteiger partial charge in [0.1, 0.15) is 0 Å². The lowest BCUT2D eigenvalue weighted by Gasteiger charge is -2.11. The number of hydrogen-bond donors (Lipinski definition) is 3. The van der Waals surface area contributed by atoms with Crippen molar-refractivity contribution in [2.24, 2.45) is 10.9 Å². The molecular formula is C18H31IN4O2S. The Kier molecular flexibility index (Phi) is 9.32. The Morgan fingerprint density at radius 3 is 2.31 bits per heavy atom. The molecule has 0 bridgehead atoms. The first-order chi connectivity index (χ1) is 11.8. The number of nitrogens with zero attached hydrogens (tertiary/aromatic N) is 1. The topological polar surface area (TPSA) is 82.6 Å². The Bertz CT molecular complexity index is 690. The first kappa shape index (κ1) is 23.2. The van der Waals surface area contributed by atoms with Gasteiger partial charge in [-0.05, 0) is 44.2 Å². The van der Waals surface area contributed by atoms with Crippen LogP contribution in [0.1, 0.15) is 45.2 Å². The standard InChI is InChI=1S/C18H30N4O2S.HI/c1-5-19-18(21-17-10-14(17)4)20-11-15-6-8-16(9-7-15)12-25(23,24)22-13(2)3;/h6-9,13-14,17,22H,5,10-12H2,1-4H3,(H2,19,20,21);1H. The number of guanidine groups is 1. The fourth-order valence-corrected chi connectivity index (χ4v) is 3.98. The zero-order chi connectivity index (χ0) is 18.4. The van der Waals surface area contributed by atoms with Crippen LogP contribution >= 0.6 is 24.0 Å². The van der Waals surface area contributed by atoms with Gasteiger partial charge in [-0.15, -0.1) is 24.0 Å². The molecule has 1 aromatic rings. The van der Waals surface area contributed by atoms with Crippen LogP contribution in [-0.4, -0.2) is 33.0 Å². The van der Waals surface area contributed by atoms with E-state index in [-0.39, 0.29) is 35.8 Å². The van der Waals surface area contributed by atoms with E-state index in [9.17, 15) is 8.42 Å². The monoisotopic (exact) mass is 494 g/mol. The molecule has 0 amide bonds. The van der Waals surface area contributed by atoms with Gasteiger partial charge in [0, 0.05) is 18.6 Å². The van der Waals surface area contributed by atoms with Crippen LogP contribution in [0.4, 0.5) is 0 Å². The van der Waals surface area contributed by atoms with E-state index >= 15 is 0 Å². The molecule has 1 saturated carbocycles. The molecule has 1 aliphatic rings. The molecule has 8 heteroatoms. The highest BCUT2D eigenvalue weighted by molar-refractivity contribution is 14.0. The lowest BCUT2D eigenvalue weighted by Crippen LogP contribution is -2.39. The minimum absolute atomic E-state index is 0. The Morgan fingerprint density at radius 1 is 1.23 bits per heavy atom. The van der Waals surface area contributed by atoms with Crippen LogP contribution in [0.3, 0.4) is 0 Å². The van der Waals surface area contributed by atoms with Crippen LogP contribution < -0.4 is 15.4 Å². The van der Waals surface area contributed by atoms with E-state index in [4.69, 9.17) is 0 Å². The predicted octanol–water partition coefficient (Wildman–Crippen LogP) is 2.60. The molecule has 1 aliphatic carbocycles. The number of sulfonamides is 1. The second-order valence-corrected chi connectivity index (χ2v) is 8.76. The van der Waals surface area contributed by atoms with Gasteiger partial charge in [0.05, 0.1) is 12.3 Å². The Balaban J connectivity index is 0.00000338. The highest BCUT2D eigenvalue weighted by atomic mass is 127. The third-order valence-electron chi connectivity index (χ3n) is 3.99. The third kappa shape index (κ3) is 8.22. The molecular weight excluding hydrogens is 463 g/mol. The summed E-state index contributed by atoms with van der Waals surface area (Å²) >= 11 is 0. The van der Waals surface area contributed by atoms with Gasteiger partial charge >= 0.3 is 0 Å². The molecule has 6 nitrogen and oxygen atoms in total. The van der Waals surface area contributed by atoms with Crippen molar-refractivity contribution in [3.63, 3.8) is 0 Å². The molecule has 0 heterocycles. The summed E-state index contributed by atoms with van der Waals surface area (Å²) in [6.07, 6.45) is 1.19. The van der Waals surface area contributed by atoms with Crippen LogP contribution in [0.15, 0.2) is 29.3 Å². The molecule has 148 valence electrons. The van der Waals surface area contributed by atoms with Crippen molar-refractivity contribution in [3.05, 3.63) is 35.4 Å². The molecule has 0 radical (unpaired) electrons. The fourth-order valence-electron chi connectivity index (χ4n) is 2.55. The minimum Gasteiger partial charge on any atom is -0.357 e. The van der Waals surface area contributed by atoms with Crippen molar-refractivity contribution >= 4 is 40.0 Å².